The average Bonchev–Trinajstić information content (AvgIpc) is 3.24. The zero-order valence-electron chi connectivity index (χ0n) is 18.7. The van der Waals surface area contributed by atoms with Gasteiger partial charge in [-0.25, -0.2) is 9.78 Å². The fourth-order valence-corrected chi connectivity index (χ4v) is 4.24. The summed E-state index contributed by atoms with van der Waals surface area (Å²) >= 11 is 0. The molecule has 32 heavy (non-hydrogen) atoms. The Morgan fingerprint density at radius 2 is 1.94 bits per heavy atom. The number of carbonyl (C=O) groups excluding carboxylic acids is 3. The Morgan fingerprint density at radius 3 is 2.62 bits per heavy atom. The number of likely N-dealkylation sites (tertiary alicyclic amines) is 1. The summed E-state index contributed by atoms with van der Waals surface area (Å²) in [6.07, 6.45) is 3.75. The van der Waals surface area contributed by atoms with Gasteiger partial charge in [-0.2, -0.15) is 0 Å². The summed E-state index contributed by atoms with van der Waals surface area (Å²) in [5.74, 6) is -0.520. The molecule has 1 aromatic carbocycles. The van der Waals surface area contributed by atoms with Crippen LogP contribution in [0.25, 0.3) is 10.9 Å². The van der Waals surface area contributed by atoms with Gasteiger partial charge in [0, 0.05) is 24.0 Å². The second kappa shape index (κ2) is 9.14. The third-order valence-electron chi connectivity index (χ3n) is 6.26. The highest BCUT2D eigenvalue weighted by molar-refractivity contribution is 5.95. The first kappa shape index (κ1) is 22.0. The first-order valence-corrected chi connectivity index (χ1v) is 11.1. The molecular weight excluding hydrogens is 410 g/mol. The van der Waals surface area contributed by atoms with Crippen molar-refractivity contribution in [3.8, 4) is 5.75 Å². The number of hydrogen-bond acceptors (Lipinski definition) is 6. The molecule has 1 unspecified atom stereocenters. The first-order valence-electron chi connectivity index (χ1n) is 11.1. The fourth-order valence-electron chi connectivity index (χ4n) is 4.24. The van der Waals surface area contributed by atoms with Crippen molar-refractivity contribution in [2.45, 2.75) is 64.1 Å². The average molecular weight is 440 g/mol. The number of hydrogen-bond donors (Lipinski definition) is 1. The number of rotatable bonds is 6. The van der Waals surface area contributed by atoms with Crippen LogP contribution in [-0.2, 0) is 14.3 Å². The lowest BCUT2D eigenvalue weighted by Crippen LogP contribution is -2.52. The van der Waals surface area contributed by atoms with E-state index >= 15 is 0 Å². The van der Waals surface area contributed by atoms with E-state index in [1.165, 1.54) is 13.2 Å². The molecular formula is C24H29N3O5. The van der Waals surface area contributed by atoms with Crippen LogP contribution < -0.4 is 10.1 Å². The van der Waals surface area contributed by atoms with Gasteiger partial charge in [0.1, 0.15) is 11.8 Å². The molecule has 0 bridgehead atoms. The molecule has 1 aliphatic carbocycles. The zero-order valence-corrected chi connectivity index (χ0v) is 18.7. The first-order chi connectivity index (χ1) is 15.4. The Balaban J connectivity index is 1.54. The van der Waals surface area contributed by atoms with Gasteiger partial charge in [-0.3, -0.25) is 9.59 Å². The molecule has 0 radical (unpaired) electrons. The third-order valence-corrected chi connectivity index (χ3v) is 6.26. The van der Waals surface area contributed by atoms with E-state index in [2.05, 4.69) is 10.3 Å². The standard InChI is InChI=1S/C24H29N3O5/c1-14-9-10-17-18(12-14)26-19(24(30)31-3)13-21(17)32-15(2)23(29)27-11-5-8-20(27)22(28)25-16-6-4-7-16/h9-10,12-13,15-16,20H,4-8,11H2,1-3H3,(H,25,28)/t15-,20?/m1/s1. The number of carbonyl (C=O) groups is 3. The number of fused-ring (bicyclic) bond motifs is 1. The van der Waals surface area contributed by atoms with Crippen molar-refractivity contribution in [2.24, 2.45) is 0 Å². The Kier molecular flexibility index (Phi) is 6.30. The number of nitrogens with zero attached hydrogens (tertiary/aromatic N) is 2. The van der Waals surface area contributed by atoms with Crippen LogP contribution in [0.5, 0.6) is 5.75 Å². The number of pyridine rings is 1. The Morgan fingerprint density at radius 1 is 1.16 bits per heavy atom. The predicted octanol–water partition coefficient (Wildman–Crippen LogP) is 2.76. The van der Waals surface area contributed by atoms with Crippen molar-refractivity contribution in [3.05, 3.63) is 35.5 Å². The van der Waals surface area contributed by atoms with Gasteiger partial charge >= 0.3 is 5.97 Å². The predicted molar refractivity (Wildman–Crippen MR) is 118 cm³/mol. The van der Waals surface area contributed by atoms with E-state index in [4.69, 9.17) is 9.47 Å². The van der Waals surface area contributed by atoms with Gasteiger partial charge in [0.15, 0.2) is 11.8 Å². The maximum Gasteiger partial charge on any atom is 0.356 e. The second-order valence-electron chi connectivity index (χ2n) is 8.60. The number of amides is 2. The quantitative estimate of drug-likeness (QED) is 0.695. The minimum absolute atomic E-state index is 0.0782. The largest absolute Gasteiger partial charge is 0.480 e. The van der Waals surface area contributed by atoms with Gasteiger partial charge in [0.05, 0.1) is 12.6 Å². The summed E-state index contributed by atoms with van der Waals surface area (Å²) in [7, 11) is 1.29. The van der Waals surface area contributed by atoms with Crippen LogP contribution in [0.15, 0.2) is 24.3 Å². The van der Waals surface area contributed by atoms with Crippen molar-refractivity contribution in [1.82, 2.24) is 15.2 Å². The van der Waals surface area contributed by atoms with E-state index in [1.807, 2.05) is 25.1 Å². The summed E-state index contributed by atoms with van der Waals surface area (Å²) < 4.78 is 10.9. The van der Waals surface area contributed by atoms with Crippen molar-refractivity contribution in [2.75, 3.05) is 13.7 Å². The minimum atomic E-state index is -0.829. The van der Waals surface area contributed by atoms with Gasteiger partial charge in [0.2, 0.25) is 5.91 Å². The molecule has 2 amide bonds. The molecule has 2 aliphatic rings. The van der Waals surface area contributed by atoms with Crippen molar-refractivity contribution in [3.63, 3.8) is 0 Å². The molecule has 2 heterocycles. The SMILES string of the molecule is COC(=O)c1cc(O[C@H](C)C(=O)N2CCCC2C(=O)NC2CCC2)c2ccc(C)cc2n1. The van der Waals surface area contributed by atoms with Crippen LogP contribution in [0.2, 0.25) is 0 Å². The summed E-state index contributed by atoms with van der Waals surface area (Å²) in [6, 6.07) is 6.90. The van der Waals surface area contributed by atoms with Crippen LogP contribution in [0.1, 0.15) is 55.1 Å². The Labute approximate surface area is 187 Å². The molecule has 1 aliphatic heterocycles. The fraction of sp³-hybridized carbons (Fsp3) is 0.500. The number of benzene rings is 1. The minimum Gasteiger partial charge on any atom is -0.480 e. The van der Waals surface area contributed by atoms with E-state index < -0.39 is 18.1 Å². The highest BCUT2D eigenvalue weighted by atomic mass is 16.5. The van der Waals surface area contributed by atoms with Gasteiger partial charge in [-0.15, -0.1) is 0 Å². The maximum atomic E-state index is 13.2. The van der Waals surface area contributed by atoms with Crippen molar-refractivity contribution in [1.29, 1.82) is 0 Å². The van der Waals surface area contributed by atoms with Crippen LogP contribution in [0.4, 0.5) is 0 Å². The Hall–Kier alpha value is -3.16. The number of esters is 1. The van der Waals surface area contributed by atoms with E-state index in [9.17, 15) is 14.4 Å². The van der Waals surface area contributed by atoms with Crippen molar-refractivity contribution < 1.29 is 23.9 Å². The number of aryl methyl sites for hydroxylation is 1. The topological polar surface area (TPSA) is 97.8 Å². The molecule has 2 fully saturated rings. The maximum absolute atomic E-state index is 13.2. The molecule has 2 aromatic rings. The van der Waals surface area contributed by atoms with Crippen LogP contribution in [-0.4, -0.2) is 59.5 Å². The van der Waals surface area contributed by atoms with Crippen LogP contribution in [0, 0.1) is 6.92 Å². The van der Waals surface area contributed by atoms with Crippen molar-refractivity contribution >= 4 is 28.7 Å². The van der Waals surface area contributed by atoms with Gasteiger partial charge in [0.25, 0.3) is 5.91 Å². The lowest BCUT2D eigenvalue weighted by Gasteiger charge is -2.31. The van der Waals surface area contributed by atoms with E-state index in [0.29, 0.717) is 29.6 Å². The summed E-state index contributed by atoms with van der Waals surface area (Å²) in [4.78, 5) is 44.0. The van der Waals surface area contributed by atoms with Gasteiger partial charge in [-0.05, 0) is 63.6 Å². The van der Waals surface area contributed by atoms with E-state index in [0.717, 1.165) is 31.2 Å². The number of aromatic nitrogens is 1. The highest BCUT2D eigenvalue weighted by Crippen LogP contribution is 2.29. The molecule has 1 N–H and O–H groups in total. The summed E-state index contributed by atoms with van der Waals surface area (Å²) in [6.45, 7) is 4.12. The molecule has 1 saturated heterocycles. The lowest BCUT2D eigenvalue weighted by molar-refractivity contribution is -0.143. The number of nitrogens with one attached hydrogen (secondary N) is 1. The molecule has 8 nitrogen and oxygen atoms in total. The molecule has 1 aromatic heterocycles. The van der Waals surface area contributed by atoms with Crippen LogP contribution in [0.3, 0.4) is 0 Å². The molecule has 8 heteroatoms. The molecule has 170 valence electrons. The zero-order chi connectivity index (χ0) is 22.8. The third kappa shape index (κ3) is 4.40. The molecule has 4 rings (SSSR count). The Bertz CT molecular complexity index is 1050. The number of ether oxygens (including phenoxy) is 2. The summed E-state index contributed by atoms with van der Waals surface area (Å²) in [5, 5.41) is 3.75. The summed E-state index contributed by atoms with van der Waals surface area (Å²) in [5.41, 5.74) is 1.68. The smallest absolute Gasteiger partial charge is 0.356 e. The second-order valence-corrected chi connectivity index (χ2v) is 8.60. The lowest BCUT2D eigenvalue weighted by atomic mass is 9.93. The normalized spacial score (nSPS) is 19.3. The molecule has 2 atom stereocenters. The number of methoxy groups -OCH3 is 1. The van der Waals surface area contributed by atoms with E-state index in [-0.39, 0.29) is 23.6 Å². The van der Waals surface area contributed by atoms with E-state index in [1.54, 1.807) is 11.8 Å². The van der Waals surface area contributed by atoms with Gasteiger partial charge in [-0.1, -0.05) is 6.07 Å². The highest BCUT2D eigenvalue weighted by Gasteiger charge is 2.38. The van der Waals surface area contributed by atoms with Crippen LogP contribution >= 0.6 is 0 Å². The monoisotopic (exact) mass is 439 g/mol. The van der Waals surface area contributed by atoms with Gasteiger partial charge < -0.3 is 19.7 Å². The molecule has 0 spiro atoms. The molecule has 1 saturated carbocycles.